The van der Waals surface area contributed by atoms with Crippen LogP contribution in [0.25, 0.3) is 27.8 Å². The van der Waals surface area contributed by atoms with Crippen LogP contribution in [0.4, 0.5) is 0 Å². The Morgan fingerprint density at radius 3 is 2.76 bits per heavy atom. The molecule has 0 aliphatic carbocycles. The smallest absolute Gasteiger partial charge is 0.248 e. The van der Waals surface area contributed by atoms with Crippen molar-refractivity contribution in [2.75, 3.05) is 7.11 Å². The van der Waals surface area contributed by atoms with E-state index in [1.54, 1.807) is 13.2 Å². The number of rotatable bonds is 2. The number of fused-ring (bicyclic) bond motifs is 2. The molecule has 0 amide bonds. The normalized spacial score (nSPS) is 11.4. The topological polar surface area (TPSA) is 59.4 Å². The number of hydrogen-bond acceptors (Lipinski definition) is 3. The highest BCUT2D eigenvalue weighted by molar-refractivity contribution is 9.11. The molecule has 7 heteroatoms. The molecule has 3 aromatic heterocycles. The molecule has 0 spiro atoms. The lowest BCUT2D eigenvalue weighted by Gasteiger charge is -2.09. The highest BCUT2D eigenvalue weighted by Gasteiger charge is 2.17. The van der Waals surface area contributed by atoms with Crippen molar-refractivity contribution >= 4 is 48.4 Å². The van der Waals surface area contributed by atoms with Crippen molar-refractivity contribution in [1.82, 2.24) is 14.4 Å². The minimum atomic E-state index is -0.165. The van der Waals surface area contributed by atoms with E-state index in [1.165, 1.54) is 6.07 Å². The average Bonchev–Trinajstić information content (AvgIpc) is 2.91. The molecule has 4 aromatic rings. The number of H-pyrrole nitrogens is 1. The van der Waals surface area contributed by atoms with Crippen LogP contribution < -0.4 is 10.3 Å². The Balaban J connectivity index is 2.09. The summed E-state index contributed by atoms with van der Waals surface area (Å²) in [5.74, 6) is 0.627. The number of ether oxygens (including phenoxy) is 1. The van der Waals surface area contributed by atoms with Crippen LogP contribution in [0.1, 0.15) is 5.69 Å². The summed E-state index contributed by atoms with van der Waals surface area (Å²) < 4.78 is 9.29. The van der Waals surface area contributed by atoms with E-state index in [2.05, 4.69) is 36.8 Å². The zero-order valence-corrected chi connectivity index (χ0v) is 16.6. The van der Waals surface area contributed by atoms with E-state index in [-0.39, 0.29) is 5.56 Å². The van der Waals surface area contributed by atoms with E-state index in [9.17, 15) is 4.79 Å². The van der Waals surface area contributed by atoms with E-state index in [0.29, 0.717) is 11.3 Å². The Morgan fingerprint density at radius 2 is 2.00 bits per heavy atom. The molecule has 0 fully saturated rings. The molecular formula is C18H13Br2N3O2. The third kappa shape index (κ3) is 2.58. The number of halogens is 2. The van der Waals surface area contributed by atoms with Gasteiger partial charge in [-0.1, -0.05) is 0 Å². The molecule has 0 saturated heterocycles. The van der Waals surface area contributed by atoms with E-state index in [4.69, 9.17) is 9.72 Å². The number of benzene rings is 1. The van der Waals surface area contributed by atoms with Crippen molar-refractivity contribution in [3.05, 3.63) is 61.5 Å². The fourth-order valence-electron chi connectivity index (χ4n) is 3.04. The van der Waals surface area contributed by atoms with Gasteiger partial charge in [-0.2, -0.15) is 0 Å². The molecule has 0 unspecified atom stereocenters. The van der Waals surface area contributed by atoms with Crippen LogP contribution in [0.3, 0.4) is 0 Å². The van der Waals surface area contributed by atoms with Crippen molar-refractivity contribution in [2.24, 2.45) is 0 Å². The molecule has 1 aromatic carbocycles. The maximum absolute atomic E-state index is 11.7. The summed E-state index contributed by atoms with van der Waals surface area (Å²) in [6.45, 7) is 2.02. The highest BCUT2D eigenvalue weighted by Crippen LogP contribution is 2.35. The fourth-order valence-corrected chi connectivity index (χ4v) is 4.31. The minimum absolute atomic E-state index is 0.165. The van der Waals surface area contributed by atoms with Crippen LogP contribution in [0.2, 0.25) is 0 Å². The predicted octanol–water partition coefficient (Wildman–Crippen LogP) is 4.68. The van der Waals surface area contributed by atoms with Gasteiger partial charge in [0.25, 0.3) is 0 Å². The van der Waals surface area contributed by atoms with Crippen LogP contribution in [-0.2, 0) is 0 Å². The van der Waals surface area contributed by atoms with Gasteiger partial charge in [0.1, 0.15) is 5.75 Å². The van der Waals surface area contributed by atoms with Crippen LogP contribution in [-0.4, -0.2) is 21.5 Å². The second-order valence-electron chi connectivity index (χ2n) is 5.67. The van der Waals surface area contributed by atoms with Gasteiger partial charge in [0.15, 0.2) is 5.65 Å². The third-order valence-electron chi connectivity index (χ3n) is 4.21. The minimum Gasteiger partial charge on any atom is -0.495 e. The Kier molecular flexibility index (Phi) is 3.92. The number of aryl methyl sites for hydroxylation is 1. The number of methoxy groups -OCH3 is 1. The molecular weight excluding hydrogens is 450 g/mol. The number of aromatic nitrogens is 3. The lowest BCUT2D eigenvalue weighted by Crippen LogP contribution is -2.04. The SMILES string of the molecule is COc1ccc(-c2nc3c(Br)cc(Br)cn3c2C)c2ccc(=O)[nH]c12. The third-order valence-corrected chi connectivity index (χ3v) is 5.23. The summed E-state index contributed by atoms with van der Waals surface area (Å²) in [4.78, 5) is 19.4. The zero-order chi connectivity index (χ0) is 17.7. The molecule has 4 rings (SSSR count). The van der Waals surface area contributed by atoms with Gasteiger partial charge in [-0.05, 0) is 63.0 Å². The number of imidazole rings is 1. The van der Waals surface area contributed by atoms with E-state index in [1.807, 2.05) is 35.7 Å². The first kappa shape index (κ1) is 16.4. The first-order valence-corrected chi connectivity index (χ1v) is 9.12. The molecule has 0 aliphatic heterocycles. The zero-order valence-electron chi connectivity index (χ0n) is 13.4. The Bertz CT molecular complexity index is 1190. The monoisotopic (exact) mass is 461 g/mol. The Hall–Kier alpha value is -2.12. The van der Waals surface area contributed by atoms with Gasteiger partial charge in [-0.25, -0.2) is 4.98 Å². The maximum atomic E-state index is 11.7. The fraction of sp³-hybridized carbons (Fsp3) is 0.111. The molecule has 0 saturated carbocycles. The standard InChI is InChI=1S/C18H13Br2N3O2/c1-9-16(22-18-13(20)7-10(19)8-23(9)18)11-3-5-14(25-2)17-12(11)4-6-15(24)21-17/h3-8H,1-2H3,(H,21,24). The van der Waals surface area contributed by atoms with Crippen LogP contribution in [0, 0.1) is 6.92 Å². The molecule has 0 bridgehead atoms. The number of nitrogens with one attached hydrogen (secondary N) is 1. The number of pyridine rings is 2. The molecule has 3 heterocycles. The van der Waals surface area contributed by atoms with Crippen LogP contribution >= 0.6 is 31.9 Å². The highest BCUT2D eigenvalue weighted by atomic mass is 79.9. The molecule has 25 heavy (non-hydrogen) atoms. The molecule has 126 valence electrons. The number of nitrogens with zero attached hydrogens (tertiary/aromatic N) is 2. The summed E-state index contributed by atoms with van der Waals surface area (Å²) >= 11 is 7.08. The van der Waals surface area contributed by atoms with Gasteiger partial charge in [0.2, 0.25) is 5.56 Å². The molecule has 1 N–H and O–H groups in total. The van der Waals surface area contributed by atoms with E-state index < -0.39 is 0 Å². The Morgan fingerprint density at radius 1 is 1.20 bits per heavy atom. The lowest BCUT2D eigenvalue weighted by molar-refractivity contribution is 0.419. The summed E-state index contributed by atoms with van der Waals surface area (Å²) in [6.07, 6.45) is 1.99. The van der Waals surface area contributed by atoms with Gasteiger partial charge >= 0.3 is 0 Å². The van der Waals surface area contributed by atoms with E-state index >= 15 is 0 Å². The average molecular weight is 463 g/mol. The van der Waals surface area contributed by atoms with Crippen molar-refractivity contribution in [1.29, 1.82) is 0 Å². The summed E-state index contributed by atoms with van der Waals surface area (Å²) in [6, 6.07) is 9.11. The van der Waals surface area contributed by atoms with Crippen molar-refractivity contribution in [2.45, 2.75) is 6.92 Å². The lowest BCUT2D eigenvalue weighted by atomic mass is 10.0. The number of hydrogen-bond donors (Lipinski definition) is 1. The largest absolute Gasteiger partial charge is 0.495 e. The van der Waals surface area contributed by atoms with Gasteiger partial charge in [-0.3, -0.25) is 4.79 Å². The van der Waals surface area contributed by atoms with Crippen molar-refractivity contribution < 1.29 is 4.74 Å². The first-order chi connectivity index (χ1) is 12.0. The van der Waals surface area contributed by atoms with Crippen molar-refractivity contribution in [3.63, 3.8) is 0 Å². The van der Waals surface area contributed by atoms with Gasteiger partial charge in [-0.15, -0.1) is 0 Å². The van der Waals surface area contributed by atoms with Gasteiger partial charge < -0.3 is 14.1 Å². The predicted molar refractivity (Wildman–Crippen MR) is 105 cm³/mol. The summed E-state index contributed by atoms with van der Waals surface area (Å²) in [5.41, 5.74) is 4.15. The molecule has 0 atom stereocenters. The van der Waals surface area contributed by atoms with Gasteiger partial charge in [0, 0.05) is 33.4 Å². The van der Waals surface area contributed by atoms with Crippen LogP contribution in [0.15, 0.2) is 50.3 Å². The second kappa shape index (κ2) is 6.00. The molecule has 5 nitrogen and oxygen atoms in total. The van der Waals surface area contributed by atoms with E-state index in [0.717, 1.165) is 36.9 Å². The maximum Gasteiger partial charge on any atom is 0.248 e. The Labute approximate surface area is 159 Å². The van der Waals surface area contributed by atoms with Gasteiger partial charge in [0.05, 0.1) is 22.8 Å². The quantitative estimate of drug-likeness (QED) is 0.470. The second-order valence-corrected chi connectivity index (χ2v) is 7.44. The van der Waals surface area contributed by atoms with Crippen LogP contribution in [0.5, 0.6) is 5.75 Å². The first-order valence-electron chi connectivity index (χ1n) is 7.53. The number of aromatic amines is 1. The van der Waals surface area contributed by atoms with Crippen molar-refractivity contribution in [3.8, 4) is 17.0 Å². The molecule has 0 radical (unpaired) electrons. The summed E-state index contributed by atoms with van der Waals surface area (Å²) in [7, 11) is 1.59. The molecule has 0 aliphatic rings. The summed E-state index contributed by atoms with van der Waals surface area (Å²) in [5, 5.41) is 0.889.